The lowest BCUT2D eigenvalue weighted by molar-refractivity contribution is -0.137. The standard InChI is InChI=1S/C16H22N2O5S/c1-10(2)8-13-15(19)18-14(16(20)17-13)9-23-24(21,22)12-6-4-11(3)5-7-12/h4-7,10,13-14H,8-9H2,1-3H3,(H,17,20)(H,18,19)/t13-,14-/m0/s1. The van der Waals surface area contributed by atoms with E-state index in [0.29, 0.717) is 6.42 Å². The maximum atomic E-state index is 12.1. The fourth-order valence-corrected chi connectivity index (χ4v) is 3.28. The van der Waals surface area contributed by atoms with E-state index >= 15 is 0 Å². The quantitative estimate of drug-likeness (QED) is 0.734. The van der Waals surface area contributed by atoms with Crippen molar-refractivity contribution in [3.05, 3.63) is 29.8 Å². The van der Waals surface area contributed by atoms with E-state index < -0.39 is 34.7 Å². The molecule has 1 saturated heterocycles. The van der Waals surface area contributed by atoms with E-state index in [1.54, 1.807) is 12.1 Å². The Kier molecular flexibility index (Phi) is 5.61. The zero-order valence-corrected chi connectivity index (χ0v) is 14.7. The summed E-state index contributed by atoms with van der Waals surface area (Å²) in [7, 11) is -3.98. The topological polar surface area (TPSA) is 102 Å². The van der Waals surface area contributed by atoms with Crippen molar-refractivity contribution in [3.8, 4) is 0 Å². The van der Waals surface area contributed by atoms with Crippen LogP contribution >= 0.6 is 0 Å². The number of carbonyl (C=O) groups excluding carboxylic acids is 2. The third-order valence-corrected chi connectivity index (χ3v) is 4.97. The highest BCUT2D eigenvalue weighted by atomic mass is 32.2. The summed E-state index contributed by atoms with van der Waals surface area (Å²) in [5.41, 5.74) is 0.920. The average molecular weight is 354 g/mol. The van der Waals surface area contributed by atoms with Gasteiger partial charge in [-0.25, -0.2) is 0 Å². The van der Waals surface area contributed by atoms with E-state index in [1.165, 1.54) is 12.1 Å². The van der Waals surface area contributed by atoms with E-state index in [-0.39, 0.29) is 16.7 Å². The Bertz CT molecular complexity index is 712. The van der Waals surface area contributed by atoms with E-state index in [9.17, 15) is 18.0 Å². The zero-order chi connectivity index (χ0) is 17.9. The molecule has 1 aromatic carbocycles. The van der Waals surface area contributed by atoms with Gasteiger partial charge in [-0.15, -0.1) is 0 Å². The van der Waals surface area contributed by atoms with Gasteiger partial charge in [0.2, 0.25) is 11.8 Å². The first-order valence-corrected chi connectivity index (χ1v) is 9.16. The Morgan fingerprint density at radius 2 is 1.58 bits per heavy atom. The number of carbonyl (C=O) groups is 2. The zero-order valence-electron chi connectivity index (χ0n) is 13.9. The molecule has 1 aliphatic rings. The van der Waals surface area contributed by atoms with Crippen molar-refractivity contribution in [2.75, 3.05) is 6.61 Å². The summed E-state index contributed by atoms with van der Waals surface area (Å²) in [6, 6.07) is 4.55. The highest BCUT2D eigenvalue weighted by molar-refractivity contribution is 7.86. The number of aryl methyl sites for hydroxylation is 1. The molecule has 1 heterocycles. The molecule has 8 heteroatoms. The van der Waals surface area contributed by atoms with E-state index in [0.717, 1.165) is 5.56 Å². The van der Waals surface area contributed by atoms with Crippen LogP contribution in [0.5, 0.6) is 0 Å². The molecule has 1 aromatic rings. The van der Waals surface area contributed by atoms with Crippen molar-refractivity contribution in [2.24, 2.45) is 5.92 Å². The highest BCUT2D eigenvalue weighted by Crippen LogP contribution is 2.14. The molecule has 0 radical (unpaired) electrons. The molecule has 24 heavy (non-hydrogen) atoms. The second kappa shape index (κ2) is 7.31. The summed E-state index contributed by atoms with van der Waals surface area (Å²) in [5, 5.41) is 5.12. The average Bonchev–Trinajstić information content (AvgIpc) is 2.49. The summed E-state index contributed by atoms with van der Waals surface area (Å²) in [5.74, 6) is -0.528. The normalized spacial score (nSPS) is 21.5. The van der Waals surface area contributed by atoms with Crippen molar-refractivity contribution in [2.45, 2.75) is 44.2 Å². The first-order chi connectivity index (χ1) is 11.2. The van der Waals surface area contributed by atoms with Crippen LogP contribution in [-0.4, -0.2) is 38.9 Å². The van der Waals surface area contributed by atoms with Crippen molar-refractivity contribution in [3.63, 3.8) is 0 Å². The SMILES string of the molecule is Cc1ccc(S(=O)(=O)OC[C@@H]2NC(=O)[C@H](CC(C)C)NC2=O)cc1. The number of hydrogen-bond acceptors (Lipinski definition) is 5. The number of rotatable bonds is 6. The first kappa shape index (κ1) is 18.4. The summed E-state index contributed by atoms with van der Waals surface area (Å²) in [6.07, 6.45) is 0.521. The summed E-state index contributed by atoms with van der Waals surface area (Å²) in [6.45, 7) is 5.29. The van der Waals surface area contributed by atoms with Crippen molar-refractivity contribution >= 4 is 21.9 Å². The first-order valence-electron chi connectivity index (χ1n) is 7.76. The maximum Gasteiger partial charge on any atom is 0.297 e. The van der Waals surface area contributed by atoms with Gasteiger partial charge >= 0.3 is 0 Å². The molecule has 0 spiro atoms. The molecule has 7 nitrogen and oxygen atoms in total. The van der Waals surface area contributed by atoms with Crippen LogP contribution < -0.4 is 10.6 Å². The van der Waals surface area contributed by atoms with E-state index in [1.807, 2.05) is 20.8 Å². The second-order valence-electron chi connectivity index (χ2n) is 6.30. The predicted octanol–water partition coefficient (Wildman–Crippen LogP) is 0.730. The van der Waals surface area contributed by atoms with E-state index in [4.69, 9.17) is 4.18 Å². The Morgan fingerprint density at radius 3 is 2.17 bits per heavy atom. The van der Waals surface area contributed by atoms with Gasteiger partial charge in [-0.1, -0.05) is 31.5 Å². The molecule has 0 aromatic heterocycles. The van der Waals surface area contributed by atoms with Gasteiger partial charge in [-0.2, -0.15) is 8.42 Å². The second-order valence-corrected chi connectivity index (χ2v) is 7.92. The van der Waals surface area contributed by atoms with Gasteiger partial charge in [0.05, 0.1) is 11.5 Å². The molecule has 0 aliphatic carbocycles. The molecule has 2 N–H and O–H groups in total. The van der Waals surface area contributed by atoms with Crippen molar-refractivity contribution in [1.29, 1.82) is 0 Å². The number of piperazine rings is 1. The van der Waals surface area contributed by atoms with Gasteiger partial charge in [0.25, 0.3) is 10.1 Å². The molecule has 2 rings (SSSR count). The molecule has 1 fully saturated rings. The highest BCUT2D eigenvalue weighted by Gasteiger charge is 2.35. The number of amides is 2. The minimum Gasteiger partial charge on any atom is -0.342 e. The van der Waals surface area contributed by atoms with Crippen molar-refractivity contribution < 1.29 is 22.2 Å². The molecular formula is C16H22N2O5S. The van der Waals surface area contributed by atoms with E-state index in [2.05, 4.69) is 10.6 Å². The van der Waals surface area contributed by atoms with Crippen LogP contribution in [0.4, 0.5) is 0 Å². The summed E-state index contributed by atoms with van der Waals surface area (Å²) >= 11 is 0. The molecule has 0 bridgehead atoms. The molecule has 0 saturated carbocycles. The largest absolute Gasteiger partial charge is 0.342 e. The van der Waals surface area contributed by atoms with Crippen LogP contribution in [0, 0.1) is 12.8 Å². The molecule has 0 unspecified atom stereocenters. The Hall–Kier alpha value is -1.93. The third-order valence-electron chi connectivity index (χ3n) is 3.67. The van der Waals surface area contributed by atoms with Crippen LogP contribution in [-0.2, 0) is 23.9 Å². The Morgan fingerprint density at radius 1 is 1.04 bits per heavy atom. The lowest BCUT2D eigenvalue weighted by Gasteiger charge is -2.30. The fraction of sp³-hybridized carbons (Fsp3) is 0.500. The lowest BCUT2D eigenvalue weighted by Crippen LogP contribution is -2.63. The van der Waals surface area contributed by atoms with Crippen LogP contribution in [0.3, 0.4) is 0 Å². The monoisotopic (exact) mass is 354 g/mol. The van der Waals surface area contributed by atoms with Crippen LogP contribution in [0.15, 0.2) is 29.2 Å². The summed E-state index contributed by atoms with van der Waals surface area (Å²) in [4.78, 5) is 24.0. The molecule has 2 amide bonds. The van der Waals surface area contributed by atoms with Gasteiger partial charge in [-0.3, -0.25) is 13.8 Å². The van der Waals surface area contributed by atoms with Crippen LogP contribution in [0.1, 0.15) is 25.8 Å². The predicted molar refractivity (Wildman–Crippen MR) is 87.6 cm³/mol. The molecule has 132 valence electrons. The van der Waals surface area contributed by atoms with Gasteiger partial charge in [0, 0.05) is 0 Å². The molecule has 1 aliphatic heterocycles. The van der Waals surface area contributed by atoms with Gasteiger partial charge in [0.15, 0.2) is 0 Å². The smallest absolute Gasteiger partial charge is 0.297 e. The third kappa shape index (κ3) is 4.55. The minimum atomic E-state index is -3.98. The maximum absolute atomic E-state index is 12.1. The number of hydrogen-bond donors (Lipinski definition) is 2. The van der Waals surface area contributed by atoms with Crippen LogP contribution in [0.2, 0.25) is 0 Å². The number of nitrogens with one attached hydrogen (secondary N) is 2. The Balaban J connectivity index is 1.98. The summed E-state index contributed by atoms with van der Waals surface area (Å²) < 4.78 is 29.2. The lowest BCUT2D eigenvalue weighted by atomic mass is 10.0. The fourth-order valence-electron chi connectivity index (χ4n) is 2.36. The Labute approximate surface area is 141 Å². The molecule has 2 atom stereocenters. The minimum absolute atomic E-state index is 0.00771. The van der Waals surface area contributed by atoms with Gasteiger partial charge in [0.1, 0.15) is 12.1 Å². The van der Waals surface area contributed by atoms with Gasteiger partial charge in [-0.05, 0) is 31.4 Å². The molecular weight excluding hydrogens is 332 g/mol. The number of benzene rings is 1. The van der Waals surface area contributed by atoms with Crippen molar-refractivity contribution in [1.82, 2.24) is 10.6 Å². The van der Waals surface area contributed by atoms with Crippen LogP contribution in [0.25, 0.3) is 0 Å². The van der Waals surface area contributed by atoms with Gasteiger partial charge < -0.3 is 10.6 Å².